The van der Waals surface area contributed by atoms with Crippen molar-refractivity contribution in [3.8, 4) is 0 Å². The average molecular weight is 517 g/mol. The highest BCUT2D eigenvalue weighted by molar-refractivity contribution is 6.17. The van der Waals surface area contributed by atoms with E-state index in [1.165, 1.54) is 34.1 Å². The molecule has 0 aromatic heterocycles. The average Bonchev–Trinajstić information content (AvgIpc) is 3.43. The van der Waals surface area contributed by atoms with E-state index in [0.717, 1.165) is 54.6 Å². The zero-order valence-electron chi connectivity index (χ0n) is 24.2. The molecule has 0 fully saturated rings. The fourth-order valence-corrected chi connectivity index (χ4v) is 5.04. The van der Waals surface area contributed by atoms with Crippen LogP contribution in [0, 0.1) is 5.41 Å². The van der Waals surface area contributed by atoms with E-state index in [4.69, 9.17) is 10.7 Å². The van der Waals surface area contributed by atoms with Gasteiger partial charge in [0.1, 0.15) is 0 Å². The van der Waals surface area contributed by atoms with E-state index >= 15 is 0 Å². The monoisotopic (exact) mass is 516 g/mol. The topological polar surface area (TPSA) is 38.4 Å². The standard InChI is InChI=1S/C37H44N2/c1-7-29(4)37(5,6)35-23-13-12-22-34(35)36(39-33-20-10-9-11-21-33)31(8-2)19-16-18-30-24-25-32(27-30)28(3)17-14-15-26-38/h7-12,14-15,17,19-22,25-27H,2-3,13,16,18,23-24,38H2,1,4-6H3/b17-14-,26-15-,29-7+,31-19+,39-36?. The summed E-state index contributed by atoms with van der Waals surface area (Å²) in [5, 5.41) is 0. The summed E-state index contributed by atoms with van der Waals surface area (Å²) in [5.74, 6) is 0. The van der Waals surface area contributed by atoms with Crippen LogP contribution in [0.2, 0.25) is 0 Å². The zero-order chi connectivity index (χ0) is 28.3. The lowest BCUT2D eigenvalue weighted by atomic mass is 9.71. The molecule has 2 N–H and O–H groups in total. The maximum atomic E-state index is 5.42. The van der Waals surface area contributed by atoms with Gasteiger partial charge in [0.15, 0.2) is 0 Å². The lowest BCUT2D eigenvalue weighted by Crippen LogP contribution is -2.22. The molecule has 3 rings (SSSR count). The number of nitrogens with two attached hydrogens (primary N) is 1. The number of aliphatic imine (C=N–C) groups is 1. The summed E-state index contributed by atoms with van der Waals surface area (Å²) in [5.41, 5.74) is 16.1. The van der Waals surface area contributed by atoms with Crippen LogP contribution in [0.1, 0.15) is 59.8 Å². The fourth-order valence-electron chi connectivity index (χ4n) is 5.04. The molecule has 202 valence electrons. The predicted octanol–water partition coefficient (Wildman–Crippen LogP) is 10.1. The van der Waals surface area contributed by atoms with E-state index in [9.17, 15) is 0 Å². The van der Waals surface area contributed by atoms with E-state index < -0.39 is 0 Å². The molecule has 0 aliphatic heterocycles. The van der Waals surface area contributed by atoms with Crippen molar-refractivity contribution in [3.63, 3.8) is 0 Å². The maximum absolute atomic E-state index is 5.42. The largest absolute Gasteiger partial charge is 0.405 e. The molecule has 0 heterocycles. The summed E-state index contributed by atoms with van der Waals surface area (Å²) in [6.45, 7) is 17.4. The van der Waals surface area contributed by atoms with Crippen molar-refractivity contribution in [2.75, 3.05) is 0 Å². The first kappa shape index (κ1) is 29.6. The maximum Gasteiger partial charge on any atom is 0.0777 e. The summed E-state index contributed by atoms with van der Waals surface area (Å²) in [6.07, 6.45) is 27.8. The highest BCUT2D eigenvalue weighted by Gasteiger charge is 2.30. The number of nitrogens with zero attached hydrogens (tertiary/aromatic N) is 1. The van der Waals surface area contributed by atoms with E-state index in [2.05, 4.69) is 89.4 Å². The third-order valence-corrected chi connectivity index (χ3v) is 7.75. The Balaban J connectivity index is 1.94. The first-order chi connectivity index (χ1) is 18.8. The molecule has 2 heteroatoms. The van der Waals surface area contributed by atoms with Crippen LogP contribution >= 0.6 is 0 Å². The molecule has 0 bridgehead atoms. The van der Waals surface area contributed by atoms with Crippen molar-refractivity contribution in [1.82, 2.24) is 0 Å². The van der Waals surface area contributed by atoms with Crippen molar-refractivity contribution in [2.24, 2.45) is 16.1 Å². The Hall–Kier alpha value is -3.91. The SMILES string of the molecule is C=C/C(=C\CCC1=CC(C(=C)/C=C\C=C/N)=CC1)C(=Nc1ccccc1)C1=C(C(C)(C)/C(C)=C/C)CCC=C1. The van der Waals surface area contributed by atoms with Crippen molar-refractivity contribution < 1.29 is 0 Å². The number of allylic oxidation sites excluding steroid dienone is 17. The summed E-state index contributed by atoms with van der Waals surface area (Å²) in [7, 11) is 0. The molecular formula is C37H44N2. The van der Waals surface area contributed by atoms with Crippen LogP contribution in [0.25, 0.3) is 0 Å². The Bertz CT molecular complexity index is 1330. The van der Waals surface area contributed by atoms with Gasteiger partial charge in [0.25, 0.3) is 0 Å². The molecule has 2 nitrogen and oxygen atoms in total. The van der Waals surface area contributed by atoms with Crippen LogP contribution in [0.4, 0.5) is 5.69 Å². The Kier molecular flexibility index (Phi) is 10.9. The van der Waals surface area contributed by atoms with Gasteiger partial charge in [0.2, 0.25) is 0 Å². The minimum absolute atomic E-state index is 0.0495. The molecule has 0 spiro atoms. The van der Waals surface area contributed by atoms with Crippen molar-refractivity contribution in [3.05, 3.63) is 149 Å². The molecule has 0 saturated carbocycles. The van der Waals surface area contributed by atoms with Gasteiger partial charge in [-0.3, -0.25) is 0 Å². The zero-order valence-corrected chi connectivity index (χ0v) is 24.2. The fraction of sp³-hybridized carbons (Fsp3) is 0.270. The van der Waals surface area contributed by atoms with Gasteiger partial charge in [-0.15, -0.1) is 0 Å². The molecule has 0 saturated heterocycles. The van der Waals surface area contributed by atoms with Gasteiger partial charge in [-0.2, -0.15) is 0 Å². The molecular weight excluding hydrogens is 472 g/mol. The molecule has 1 aromatic rings. The Labute approximate surface area is 236 Å². The molecule has 0 amide bonds. The summed E-state index contributed by atoms with van der Waals surface area (Å²) in [4.78, 5) is 5.21. The van der Waals surface area contributed by atoms with Gasteiger partial charge >= 0.3 is 0 Å². The molecule has 2 aliphatic carbocycles. The second kappa shape index (κ2) is 14.3. The van der Waals surface area contributed by atoms with Crippen LogP contribution in [-0.4, -0.2) is 5.71 Å². The third-order valence-electron chi connectivity index (χ3n) is 7.75. The number of hydrogen-bond acceptors (Lipinski definition) is 2. The molecule has 0 radical (unpaired) electrons. The lowest BCUT2D eigenvalue weighted by molar-refractivity contribution is 0.510. The summed E-state index contributed by atoms with van der Waals surface area (Å²) < 4.78 is 0. The number of hydrogen-bond donors (Lipinski definition) is 1. The molecule has 0 unspecified atom stereocenters. The normalized spacial score (nSPS) is 17.3. The number of rotatable bonds is 12. The van der Waals surface area contributed by atoms with Gasteiger partial charge in [-0.1, -0.05) is 117 Å². The lowest BCUT2D eigenvalue weighted by Gasteiger charge is -2.33. The van der Waals surface area contributed by atoms with E-state index in [1.54, 1.807) is 0 Å². The molecule has 1 aromatic carbocycles. The van der Waals surface area contributed by atoms with E-state index in [1.807, 2.05) is 42.5 Å². The second-order valence-corrected chi connectivity index (χ2v) is 10.6. The molecule has 0 atom stereocenters. The van der Waals surface area contributed by atoms with E-state index in [0.29, 0.717) is 0 Å². The third kappa shape index (κ3) is 7.80. The minimum Gasteiger partial charge on any atom is -0.405 e. The summed E-state index contributed by atoms with van der Waals surface area (Å²) in [6, 6.07) is 10.2. The Morgan fingerprint density at radius 3 is 2.62 bits per heavy atom. The quantitative estimate of drug-likeness (QED) is 0.167. The van der Waals surface area contributed by atoms with Gasteiger partial charge < -0.3 is 5.73 Å². The first-order valence-electron chi connectivity index (χ1n) is 14.0. The van der Waals surface area contributed by atoms with Crippen LogP contribution < -0.4 is 5.73 Å². The van der Waals surface area contributed by atoms with Gasteiger partial charge in [0.05, 0.1) is 11.4 Å². The second-order valence-electron chi connectivity index (χ2n) is 10.6. The minimum atomic E-state index is -0.0495. The van der Waals surface area contributed by atoms with Crippen molar-refractivity contribution in [1.29, 1.82) is 0 Å². The van der Waals surface area contributed by atoms with Gasteiger partial charge in [-0.25, -0.2) is 4.99 Å². The first-order valence-corrected chi connectivity index (χ1v) is 14.0. The number of benzene rings is 1. The van der Waals surface area contributed by atoms with Crippen molar-refractivity contribution >= 4 is 11.4 Å². The number of para-hydroxylation sites is 1. The van der Waals surface area contributed by atoms with Crippen molar-refractivity contribution in [2.45, 2.75) is 59.8 Å². The van der Waals surface area contributed by atoms with Gasteiger partial charge in [-0.05, 0) is 87.1 Å². The van der Waals surface area contributed by atoms with Gasteiger partial charge in [0, 0.05) is 11.0 Å². The summed E-state index contributed by atoms with van der Waals surface area (Å²) >= 11 is 0. The smallest absolute Gasteiger partial charge is 0.0777 e. The molecule has 2 aliphatic rings. The highest BCUT2D eigenvalue weighted by atomic mass is 14.8. The highest BCUT2D eigenvalue weighted by Crippen LogP contribution is 2.42. The van der Waals surface area contributed by atoms with E-state index in [-0.39, 0.29) is 5.41 Å². The van der Waals surface area contributed by atoms with Crippen LogP contribution in [0.3, 0.4) is 0 Å². The van der Waals surface area contributed by atoms with Crippen LogP contribution in [0.15, 0.2) is 154 Å². The molecule has 39 heavy (non-hydrogen) atoms. The van der Waals surface area contributed by atoms with Crippen LogP contribution in [-0.2, 0) is 0 Å². The van der Waals surface area contributed by atoms with Crippen LogP contribution in [0.5, 0.6) is 0 Å². The predicted molar refractivity (Wildman–Crippen MR) is 172 cm³/mol. The Morgan fingerprint density at radius 2 is 1.92 bits per heavy atom. The Morgan fingerprint density at radius 1 is 1.15 bits per heavy atom.